The first-order valence-corrected chi connectivity index (χ1v) is 10.7. The number of carbonyl (C=O) groups is 1. The number of hydrogen-bond donors (Lipinski definition) is 1. The molecule has 0 aliphatic rings. The van der Waals surface area contributed by atoms with Gasteiger partial charge in [-0.15, -0.1) is 0 Å². The third kappa shape index (κ3) is 4.82. The summed E-state index contributed by atoms with van der Waals surface area (Å²) in [7, 11) is -0.975. The van der Waals surface area contributed by atoms with E-state index in [9.17, 15) is 13.2 Å². The van der Waals surface area contributed by atoms with E-state index in [0.717, 1.165) is 9.87 Å². The second kappa shape index (κ2) is 8.59. The highest BCUT2D eigenvalue weighted by Crippen LogP contribution is 2.26. The van der Waals surface area contributed by atoms with Crippen LogP contribution in [-0.4, -0.2) is 32.7 Å². The van der Waals surface area contributed by atoms with Crippen molar-refractivity contribution in [1.29, 1.82) is 0 Å². The molecule has 3 rings (SSSR count). The van der Waals surface area contributed by atoms with E-state index in [1.807, 2.05) is 12.1 Å². The molecule has 0 atom stereocenters. The molecule has 9 heteroatoms. The molecular weight excluding hydrogens is 435 g/mol. The maximum Gasteiger partial charge on any atom is 0.251 e. The van der Waals surface area contributed by atoms with Gasteiger partial charge >= 0.3 is 0 Å². The minimum atomic E-state index is -3.77. The Morgan fingerprint density at radius 3 is 2.38 bits per heavy atom. The number of rotatable bonds is 6. The van der Waals surface area contributed by atoms with Crippen LogP contribution in [-0.2, 0) is 16.6 Å². The predicted molar refractivity (Wildman–Crippen MR) is 113 cm³/mol. The number of carbonyl (C=O) groups excluding carboxylic acids is 1. The molecular formula is C20H18Cl2N2O4S. The van der Waals surface area contributed by atoms with Crippen LogP contribution >= 0.6 is 23.2 Å². The fraction of sp³-hybridized carbons (Fsp3) is 0.150. The zero-order valence-corrected chi connectivity index (χ0v) is 18.0. The Balaban J connectivity index is 1.73. The van der Waals surface area contributed by atoms with Gasteiger partial charge in [-0.1, -0.05) is 23.2 Å². The van der Waals surface area contributed by atoms with Crippen molar-refractivity contribution in [2.24, 2.45) is 0 Å². The van der Waals surface area contributed by atoms with Gasteiger partial charge in [0.05, 0.1) is 11.6 Å². The van der Waals surface area contributed by atoms with Crippen LogP contribution in [0.4, 0.5) is 0 Å². The summed E-state index contributed by atoms with van der Waals surface area (Å²) < 4.78 is 31.5. The van der Waals surface area contributed by atoms with E-state index in [1.165, 1.54) is 32.3 Å². The summed E-state index contributed by atoms with van der Waals surface area (Å²) in [5.74, 6) is 0.761. The van der Waals surface area contributed by atoms with Crippen LogP contribution < -0.4 is 5.32 Å². The summed E-state index contributed by atoms with van der Waals surface area (Å²) in [4.78, 5) is 12.3. The normalized spacial score (nSPS) is 11.6. The molecule has 3 aromatic rings. The van der Waals surface area contributed by atoms with E-state index in [1.54, 1.807) is 24.3 Å². The summed E-state index contributed by atoms with van der Waals surface area (Å²) >= 11 is 11.9. The topological polar surface area (TPSA) is 79.6 Å². The van der Waals surface area contributed by atoms with E-state index in [4.69, 9.17) is 27.6 Å². The van der Waals surface area contributed by atoms with Gasteiger partial charge < -0.3 is 9.73 Å². The SMILES string of the molecule is CN(C)S(=O)(=O)c1cc(C(=O)NCc2ccc(-c3ccc(Cl)cc3)o2)ccc1Cl. The van der Waals surface area contributed by atoms with Gasteiger partial charge in [-0.25, -0.2) is 12.7 Å². The highest BCUT2D eigenvalue weighted by Gasteiger charge is 2.22. The van der Waals surface area contributed by atoms with Crippen LogP contribution in [0.5, 0.6) is 0 Å². The summed E-state index contributed by atoms with van der Waals surface area (Å²) in [6.07, 6.45) is 0. The maximum atomic E-state index is 12.5. The molecule has 0 radical (unpaired) electrons. The van der Waals surface area contributed by atoms with Crippen LogP contribution in [0, 0.1) is 0 Å². The van der Waals surface area contributed by atoms with Crippen LogP contribution in [0.1, 0.15) is 16.1 Å². The lowest BCUT2D eigenvalue weighted by atomic mass is 10.2. The van der Waals surface area contributed by atoms with Gasteiger partial charge in [0.2, 0.25) is 10.0 Å². The van der Waals surface area contributed by atoms with Crippen molar-refractivity contribution in [2.75, 3.05) is 14.1 Å². The number of benzene rings is 2. The van der Waals surface area contributed by atoms with Crippen molar-refractivity contribution >= 4 is 39.1 Å². The first kappa shape index (κ1) is 21.4. The lowest BCUT2D eigenvalue weighted by Gasteiger charge is -2.13. The Hall–Kier alpha value is -2.32. The first-order valence-electron chi connectivity index (χ1n) is 8.53. The minimum Gasteiger partial charge on any atom is -0.459 e. The van der Waals surface area contributed by atoms with Crippen molar-refractivity contribution in [2.45, 2.75) is 11.4 Å². The Morgan fingerprint density at radius 1 is 1.03 bits per heavy atom. The Bertz CT molecular complexity index is 1140. The molecule has 0 aliphatic heterocycles. The molecule has 6 nitrogen and oxygen atoms in total. The van der Waals surface area contributed by atoms with Gasteiger partial charge in [0.15, 0.2) is 0 Å². The zero-order valence-electron chi connectivity index (χ0n) is 15.6. The lowest BCUT2D eigenvalue weighted by Crippen LogP contribution is -2.25. The second-order valence-corrected chi connectivity index (χ2v) is 9.35. The number of hydrogen-bond acceptors (Lipinski definition) is 4. The number of nitrogens with zero attached hydrogens (tertiary/aromatic N) is 1. The molecule has 0 bridgehead atoms. The van der Waals surface area contributed by atoms with Gasteiger partial charge in [0.25, 0.3) is 5.91 Å². The lowest BCUT2D eigenvalue weighted by molar-refractivity contribution is 0.0948. The quantitative estimate of drug-likeness (QED) is 0.599. The van der Waals surface area contributed by atoms with Crippen molar-refractivity contribution in [1.82, 2.24) is 9.62 Å². The van der Waals surface area contributed by atoms with Crippen LogP contribution in [0.3, 0.4) is 0 Å². The number of nitrogens with one attached hydrogen (secondary N) is 1. The molecule has 0 fully saturated rings. The van der Waals surface area contributed by atoms with E-state index >= 15 is 0 Å². The molecule has 2 aromatic carbocycles. The molecule has 1 aromatic heterocycles. The van der Waals surface area contributed by atoms with Gasteiger partial charge in [-0.3, -0.25) is 4.79 Å². The average Bonchev–Trinajstić information content (AvgIpc) is 3.15. The van der Waals surface area contributed by atoms with E-state index in [2.05, 4.69) is 5.32 Å². The predicted octanol–water partition coefficient (Wildman–Crippen LogP) is 4.43. The summed E-state index contributed by atoms with van der Waals surface area (Å²) in [6.45, 7) is 0.144. The van der Waals surface area contributed by atoms with E-state index < -0.39 is 15.9 Å². The number of furan rings is 1. The summed E-state index contributed by atoms with van der Waals surface area (Å²) in [5.41, 5.74) is 1.04. The van der Waals surface area contributed by atoms with Crippen LogP contribution in [0.15, 0.2) is 63.9 Å². The van der Waals surface area contributed by atoms with Crippen molar-refractivity contribution in [3.63, 3.8) is 0 Å². The molecule has 0 unspecified atom stereocenters. The monoisotopic (exact) mass is 452 g/mol. The average molecular weight is 453 g/mol. The molecule has 0 spiro atoms. The van der Waals surface area contributed by atoms with E-state index in [0.29, 0.717) is 16.5 Å². The number of amides is 1. The Kier molecular flexibility index (Phi) is 6.33. The third-order valence-corrected chi connectivity index (χ3v) is 6.71. The molecule has 152 valence electrons. The number of sulfonamides is 1. The van der Waals surface area contributed by atoms with Gasteiger partial charge in [0, 0.05) is 30.2 Å². The fourth-order valence-corrected chi connectivity index (χ4v) is 4.07. The van der Waals surface area contributed by atoms with Gasteiger partial charge in [-0.05, 0) is 54.6 Å². The van der Waals surface area contributed by atoms with Crippen molar-refractivity contribution in [3.05, 3.63) is 76.0 Å². The van der Waals surface area contributed by atoms with Crippen LogP contribution in [0.2, 0.25) is 10.0 Å². The molecule has 29 heavy (non-hydrogen) atoms. The van der Waals surface area contributed by atoms with Gasteiger partial charge in [-0.2, -0.15) is 0 Å². The largest absolute Gasteiger partial charge is 0.459 e. The van der Waals surface area contributed by atoms with Crippen LogP contribution in [0.25, 0.3) is 11.3 Å². The molecule has 1 amide bonds. The molecule has 1 N–H and O–H groups in total. The first-order chi connectivity index (χ1) is 13.7. The minimum absolute atomic E-state index is 0.0499. The number of halogens is 2. The van der Waals surface area contributed by atoms with Gasteiger partial charge in [0.1, 0.15) is 16.4 Å². The highest BCUT2D eigenvalue weighted by molar-refractivity contribution is 7.89. The third-order valence-electron chi connectivity index (χ3n) is 4.17. The molecule has 0 saturated heterocycles. The van der Waals surface area contributed by atoms with Crippen molar-refractivity contribution < 1.29 is 17.6 Å². The second-order valence-electron chi connectivity index (χ2n) is 6.39. The van der Waals surface area contributed by atoms with Crippen molar-refractivity contribution in [3.8, 4) is 11.3 Å². The Labute approximate surface area is 179 Å². The standard InChI is InChI=1S/C20H18Cl2N2O4S/c1-24(2)29(26,27)19-11-14(5-9-17(19)22)20(25)23-12-16-8-10-18(28-16)13-3-6-15(21)7-4-13/h3-11H,12H2,1-2H3,(H,23,25). The smallest absolute Gasteiger partial charge is 0.251 e. The Morgan fingerprint density at radius 2 is 1.72 bits per heavy atom. The fourth-order valence-electron chi connectivity index (χ4n) is 2.55. The molecule has 0 saturated carbocycles. The molecule has 0 aliphatic carbocycles. The summed E-state index contributed by atoms with van der Waals surface area (Å²) in [6, 6.07) is 14.9. The zero-order chi connectivity index (χ0) is 21.2. The maximum absolute atomic E-state index is 12.5. The van der Waals surface area contributed by atoms with E-state index in [-0.39, 0.29) is 22.0 Å². The summed E-state index contributed by atoms with van der Waals surface area (Å²) in [5, 5.41) is 3.39. The molecule has 1 heterocycles. The highest BCUT2D eigenvalue weighted by atomic mass is 35.5.